The maximum absolute atomic E-state index is 12.3. The quantitative estimate of drug-likeness (QED) is 0.834. The van der Waals surface area contributed by atoms with Gasteiger partial charge >= 0.3 is 6.09 Å². The molecule has 1 amide bonds. The van der Waals surface area contributed by atoms with Crippen LogP contribution in [0.25, 0.3) is 0 Å². The number of carbonyl (C=O) groups excluding carboxylic acids is 1. The second kappa shape index (κ2) is 8.31. The van der Waals surface area contributed by atoms with Crippen molar-refractivity contribution in [2.45, 2.75) is 32.5 Å². The van der Waals surface area contributed by atoms with Gasteiger partial charge in [0.15, 0.2) is 0 Å². The highest BCUT2D eigenvalue weighted by atomic mass is 16.6. The molecule has 0 aliphatic carbocycles. The Morgan fingerprint density at radius 1 is 1.17 bits per heavy atom. The average molecular weight is 319 g/mol. The molecule has 2 atom stereocenters. The van der Waals surface area contributed by atoms with E-state index in [1.54, 1.807) is 0 Å². The second-order valence-electron chi connectivity index (χ2n) is 6.68. The monoisotopic (exact) mass is 319 g/mol. The summed E-state index contributed by atoms with van der Waals surface area (Å²) in [6.07, 6.45) is -0.209. The molecule has 1 aromatic carbocycles. The maximum Gasteiger partial charge on any atom is 0.410 e. The Labute approximate surface area is 139 Å². The van der Waals surface area contributed by atoms with Crippen LogP contribution in [0.15, 0.2) is 30.3 Å². The van der Waals surface area contributed by atoms with Gasteiger partial charge in [0, 0.05) is 38.3 Å². The van der Waals surface area contributed by atoms with Crippen molar-refractivity contribution >= 4 is 6.09 Å². The third kappa shape index (κ3) is 5.22. The first-order valence-corrected chi connectivity index (χ1v) is 8.33. The number of nitrogens with zero attached hydrogens (tertiary/aromatic N) is 3. The van der Waals surface area contributed by atoms with Gasteiger partial charge in [0.1, 0.15) is 6.61 Å². The highest BCUT2D eigenvalue weighted by Gasteiger charge is 2.32. The minimum absolute atomic E-state index is 0.209. The normalized spacial score (nSPS) is 22.4. The lowest BCUT2D eigenvalue weighted by Gasteiger charge is -2.44. The summed E-state index contributed by atoms with van der Waals surface area (Å²) >= 11 is 0. The summed E-state index contributed by atoms with van der Waals surface area (Å²) < 4.78 is 5.46. The van der Waals surface area contributed by atoms with Crippen LogP contribution < -0.4 is 0 Å². The minimum atomic E-state index is -0.209. The van der Waals surface area contributed by atoms with E-state index in [9.17, 15) is 4.79 Å². The number of piperazine rings is 1. The summed E-state index contributed by atoms with van der Waals surface area (Å²) in [5.74, 6) is 0. The standard InChI is InChI=1S/C18H29N3O2/c1-15-12-20(13-16(2)21(15)11-10-19(3)4)18(22)23-14-17-8-6-5-7-9-17/h5-9,15-16H,10-14H2,1-4H3. The number of ether oxygens (including phenoxy) is 1. The van der Waals surface area contributed by atoms with Gasteiger partial charge in [0.25, 0.3) is 0 Å². The summed E-state index contributed by atoms with van der Waals surface area (Å²) in [4.78, 5) is 18.8. The van der Waals surface area contributed by atoms with Gasteiger partial charge < -0.3 is 14.5 Å². The number of carbonyl (C=O) groups is 1. The molecule has 0 radical (unpaired) electrons. The third-order valence-corrected chi connectivity index (χ3v) is 4.37. The minimum Gasteiger partial charge on any atom is -0.445 e. The number of rotatable bonds is 5. The topological polar surface area (TPSA) is 36.0 Å². The molecular formula is C18H29N3O2. The molecule has 0 saturated carbocycles. The first-order valence-electron chi connectivity index (χ1n) is 8.33. The molecule has 0 spiro atoms. The molecule has 0 N–H and O–H groups in total. The highest BCUT2D eigenvalue weighted by Crippen LogP contribution is 2.16. The van der Waals surface area contributed by atoms with Gasteiger partial charge in [-0.3, -0.25) is 4.90 Å². The van der Waals surface area contributed by atoms with Crippen molar-refractivity contribution in [2.75, 3.05) is 40.3 Å². The Balaban J connectivity index is 1.84. The van der Waals surface area contributed by atoms with E-state index < -0.39 is 0 Å². The van der Waals surface area contributed by atoms with Crippen LogP contribution in [0.5, 0.6) is 0 Å². The van der Waals surface area contributed by atoms with Crippen molar-refractivity contribution in [3.8, 4) is 0 Å². The van der Waals surface area contributed by atoms with E-state index >= 15 is 0 Å². The van der Waals surface area contributed by atoms with Crippen LogP contribution in [-0.2, 0) is 11.3 Å². The lowest BCUT2D eigenvalue weighted by molar-refractivity contribution is 0.0225. The molecule has 5 nitrogen and oxygen atoms in total. The molecule has 2 rings (SSSR count). The van der Waals surface area contributed by atoms with Gasteiger partial charge in [-0.15, -0.1) is 0 Å². The van der Waals surface area contributed by atoms with Crippen LogP contribution in [0.1, 0.15) is 19.4 Å². The zero-order chi connectivity index (χ0) is 16.8. The maximum atomic E-state index is 12.3. The Kier molecular flexibility index (Phi) is 6.42. The molecule has 23 heavy (non-hydrogen) atoms. The molecule has 1 aliphatic heterocycles. The average Bonchev–Trinajstić information content (AvgIpc) is 2.52. The molecule has 0 bridgehead atoms. The van der Waals surface area contributed by atoms with Gasteiger partial charge in [-0.25, -0.2) is 4.79 Å². The summed E-state index contributed by atoms with van der Waals surface area (Å²) in [5.41, 5.74) is 1.02. The summed E-state index contributed by atoms with van der Waals surface area (Å²) in [7, 11) is 4.18. The van der Waals surface area contributed by atoms with Gasteiger partial charge in [0.05, 0.1) is 0 Å². The Morgan fingerprint density at radius 2 is 1.78 bits per heavy atom. The molecule has 1 aliphatic rings. The van der Waals surface area contributed by atoms with Crippen molar-refractivity contribution < 1.29 is 9.53 Å². The van der Waals surface area contributed by atoms with Gasteiger partial charge in [0.2, 0.25) is 0 Å². The lowest BCUT2D eigenvalue weighted by Crippen LogP contribution is -2.59. The zero-order valence-corrected chi connectivity index (χ0v) is 14.7. The molecule has 1 saturated heterocycles. The van der Waals surface area contributed by atoms with Crippen LogP contribution in [0.4, 0.5) is 4.79 Å². The molecular weight excluding hydrogens is 290 g/mol. The van der Waals surface area contributed by atoms with Crippen molar-refractivity contribution in [1.29, 1.82) is 0 Å². The van der Waals surface area contributed by atoms with Crippen molar-refractivity contribution in [3.63, 3.8) is 0 Å². The van der Waals surface area contributed by atoms with Crippen LogP contribution in [0.2, 0.25) is 0 Å². The van der Waals surface area contributed by atoms with Crippen LogP contribution in [-0.4, -0.2) is 73.2 Å². The fourth-order valence-electron chi connectivity index (χ4n) is 3.07. The summed E-state index contributed by atoms with van der Waals surface area (Å²) in [6, 6.07) is 10.5. The highest BCUT2D eigenvalue weighted by molar-refractivity contribution is 5.68. The number of hydrogen-bond acceptors (Lipinski definition) is 4. The number of benzene rings is 1. The van der Waals surface area contributed by atoms with E-state index in [1.165, 1.54) is 0 Å². The molecule has 5 heteroatoms. The predicted octanol–water partition coefficient (Wildman–Crippen LogP) is 2.28. The van der Waals surface area contributed by atoms with Gasteiger partial charge in [-0.1, -0.05) is 30.3 Å². The molecule has 1 fully saturated rings. The largest absolute Gasteiger partial charge is 0.445 e. The first kappa shape index (κ1) is 17.8. The number of likely N-dealkylation sites (N-methyl/N-ethyl adjacent to an activating group) is 1. The lowest BCUT2D eigenvalue weighted by atomic mass is 10.1. The van der Waals surface area contributed by atoms with Crippen molar-refractivity contribution in [1.82, 2.24) is 14.7 Å². The van der Waals surface area contributed by atoms with E-state index in [0.717, 1.165) is 31.7 Å². The van der Waals surface area contributed by atoms with Crippen molar-refractivity contribution in [2.24, 2.45) is 0 Å². The molecule has 2 unspecified atom stereocenters. The van der Waals surface area contributed by atoms with E-state index in [2.05, 4.69) is 37.7 Å². The fraction of sp³-hybridized carbons (Fsp3) is 0.611. The molecule has 1 aromatic rings. The number of amides is 1. The van der Waals surface area contributed by atoms with E-state index in [4.69, 9.17) is 4.74 Å². The second-order valence-corrected chi connectivity index (χ2v) is 6.68. The molecule has 0 aromatic heterocycles. The zero-order valence-electron chi connectivity index (χ0n) is 14.7. The van der Waals surface area contributed by atoms with E-state index in [1.807, 2.05) is 35.2 Å². The van der Waals surface area contributed by atoms with E-state index in [0.29, 0.717) is 18.7 Å². The van der Waals surface area contributed by atoms with Crippen LogP contribution >= 0.6 is 0 Å². The Morgan fingerprint density at radius 3 is 2.35 bits per heavy atom. The Hall–Kier alpha value is -1.59. The molecule has 128 valence electrons. The summed E-state index contributed by atoms with van der Waals surface area (Å²) in [6.45, 7) is 8.22. The third-order valence-electron chi connectivity index (χ3n) is 4.37. The Bertz CT molecular complexity index is 480. The van der Waals surface area contributed by atoms with Gasteiger partial charge in [-0.2, -0.15) is 0 Å². The fourth-order valence-corrected chi connectivity index (χ4v) is 3.07. The smallest absolute Gasteiger partial charge is 0.410 e. The summed E-state index contributed by atoms with van der Waals surface area (Å²) in [5, 5.41) is 0. The van der Waals surface area contributed by atoms with E-state index in [-0.39, 0.29) is 6.09 Å². The van der Waals surface area contributed by atoms with Crippen LogP contribution in [0, 0.1) is 0 Å². The SMILES string of the molecule is CC1CN(C(=O)OCc2ccccc2)CC(C)N1CCN(C)C. The predicted molar refractivity (Wildman–Crippen MR) is 92.4 cm³/mol. The van der Waals surface area contributed by atoms with Crippen LogP contribution in [0.3, 0.4) is 0 Å². The first-order chi connectivity index (χ1) is 11.0. The van der Waals surface area contributed by atoms with Gasteiger partial charge in [-0.05, 0) is 33.5 Å². The number of hydrogen-bond donors (Lipinski definition) is 0. The molecule has 1 heterocycles. The van der Waals surface area contributed by atoms with Crippen molar-refractivity contribution in [3.05, 3.63) is 35.9 Å².